The lowest BCUT2D eigenvalue weighted by Gasteiger charge is -2.36. The molecule has 0 radical (unpaired) electrons. The highest BCUT2D eigenvalue weighted by molar-refractivity contribution is 5.82. The molecule has 2 heteroatoms. The average molecular weight is 306 g/mol. The molecular formula is C20H34O2. The van der Waals surface area contributed by atoms with Gasteiger partial charge in [-0.2, -0.15) is 0 Å². The molecule has 1 saturated carbocycles. The van der Waals surface area contributed by atoms with Crippen molar-refractivity contribution >= 4 is 5.78 Å². The van der Waals surface area contributed by atoms with Gasteiger partial charge >= 0.3 is 0 Å². The minimum absolute atomic E-state index is 0.0962. The number of hydrogen-bond donors (Lipinski definition) is 0. The first-order valence-corrected chi connectivity index (χ1v) is 9.48. The molecule has 0 unspecified atom stereocenters. The topological polar surface area (TPSA) is 26.3 Å². The molecule has 0 spiro atoms. The van der Waals surface area contributed by atoms with Crippen LogP contribution in [-0.4, -0.2) is 17.0 Å². The van der Waals surface area contributed by atoms with E-state index < -0.39 is 0 Å². The Labute approximate surface area is 136 Å². The highest BCUT2D eigenvalue weighted by atomic mass is 16.5. The highest BCUT2D eigenvalue weighted by Gasteiger charge is 2.60. The molecule has 2 saturated heterocycles. The highest BCUT2D eigenvalue weighted by Crippen LogP contribution is 2.58. The van der Waals surface area contributed by atoms with E-state index in [1.54, 1.807) is 0 Å². The molecule has 3 aliphatic rings. The van der Waals surface area contributed by atoms with E-state index in [9.17, 15) is 4.79 Å². The zero-order valence-electron chi connectivity index (χ0n) is 15.2. The zero-order chi connectivity index (χ0) is 16.1. The third-order valence-corrected chi connectivity index (χ3v) is 7.49. The molecule has 0 aromatic rings. The van der Waals surface area contributed by atoms with E-state index in [1.807, 2.05) is 0 Å². The van der Waals surface area contributed by atoms with Gasteiger partial charge in [0.15, 0.2) is 0 Å². The molecule has 126 valence electrons. The zero-order valence-corrected chi connectivity index (χ0v) is 15.2. The third kappa shape index (κ3) is 2.66. The number of hydrogen-bond acceptors (Lipinski definition) is 2. The molecule has 2 aliphatic heterocycles. The number of ketones is 1. The van der Waals surface area contributed by atoms with Gasteiger partial charge in [0.1, 0.15) is 5.78 Å². The molecule has 0 aromatic heterocycles. The number of carbonyl (C=O) groups is 1. The van der Waals surface area contributed by atoms with Crippen LogP contribution in [0.25, 0.3) is 0 Å². The smallest absolute Gasteiger partial charge is 0.136 e. The van der Waals surface area contributed by atoms with Gasteiger partial charge in [0.2, 0.25) is 0 Å². The summed E-state index contributed by atoms with van der Waals surface area (Å²) in [5.74, 6) is 3.33. The van der Waals surface area contributed by atoms with Crippen molar-refractivity contribution in [2.75, 3.05) is 0 Å². The average Bonchev–Trinajstić information content (AvgIpc) is 2.84. The Morgan fingerprint density at radius 2 is 1.86 bits per heavy atom. The summed E-state index contributed by atoms with van der Waals surface area (Å²) in [7, 11) is 0. The molecule has 1 aliphatic carbocycles. The first-order valence-electron chi connectivity index (χ1n) is 9.48. The van der Waals surface area contributed by atoms with Crippen molar-refractivity contribution in [3.8, 4) is 0 Å². The van der Waals surface area contributed by atoms with Gasteiger partial charge in [-0.3, -0.25) is 4.79 Å². The number of carbonyl (C=O) groups excluding carboxylic acids is 1. The number of Topliss-reactive ketones (excluding diaryl/α,β-unsaturated/α-hetero) is 1. The van der Waals surface area contributed by atoms with Gasteiger partial charge in [-0.15, -0.1) is 0 Å². The maximum absolute atomic E-state index is 12.3. The molecular weight excluding hydrogens is 272 g/mol. The van der Waals surface area contributed by atoms with Gasteiger partial charge in [-0.25, -0.2) is 0 Å². The quantitative estimate of drug-likeness (QED) is 0.730. The summed E-state index contributed by atoms with van der Waals surface area (Å²) in [4.78, 5) is 12.3. The SMILES string of the molecule is C[C@@H]1CC[C@H]([C@H](C)CC[C@@H]2[C@@H](C)[C@]3(C)CC[C@@]2(C)O3)C(=O)C1. The third-order valence-electron chi connectivity index (χ3n) is 7.49. The Kier molecular flexibility index (Phi) is 4.21. The van der Waals surface area contributed by atoms with Crippen LogP contribution in [0.1, 0.15) is 79.6 Å². The fourth-order valence-corrected chi connectivity index (χ4v) is 5.69. The van der Waals surface area contributed by atoms with Crippen molar-refractivity contribution in [2.24, 2.45) is 29.6 Å². The molecule has 22 heavy (non-hydrogen) atoms. The van der Waals surface area contributed by atoms with Crippen molar-refractivity contribution < 1.29 is 9.53 Å². The van der Waals surface area contributed by atoms with E-state index in [0.717, 1.165) is 12.8 Å². The summed E-state index contributed by atoms with van der Waals surface area (Å²) in [6.45, 7) is 11.5. The van der Waals surface area contributed by atoms with Crippen LogP contribution < -0.4 is 0 Å². The van der Waals surface area contributed by atoms with Gasteiger partial charge in [-0.1, -0.05) is 20.8 Å². The van der Waals surface area contributed by atoms with Crippen molar-refractivity contribution in [2.45, 2.75) is 90.8 Å². The van der Waals surface area contributed by atoms with Crippen LogP contribution in [0.15, 0.2) is 0 Å². The summed E-state index contributed by atoms with van der Waals surface area (Å²) in [5.41, 5.74) is 0.206. The fourth-order valence-electron chi connectivity index (χ4n) is 5.69. The van der Waals surface area contributed by atoms with E-state index in [0.29, 0.717) is 35.4 Å². The van der Waals surface area contributed by atoms with Crippen LogP contribution in [0.2, 0.25) is 0 Å². The largest absolute Gasteiger partial charge is 0.369 e. The molecule has 0 amide bonds. The van der Waals surface area contributed by atoms with E-state index in [2.05, 4.69) is 34.6 Å². The second-order valence-corrected chi connectivity index (χ2v) is 9.14. The standard InChI is InChI=1S/C20H34O2/c1-13-6-8-16(18(21)12-13)14(2)7-9-17-15(3)19(4)10-11-20(17,5)22-19/h13-17H,6-12H2,1-5H3/t13-,14-,15-,16-,17-,19+,20-/m1/s1. The van der Waals surface area contributed by atoms with Gasteiger partial charge < -0.3 is 4.74 Å². The van der Waals surface area contributed by atoms with Crippen LogP contribution in [-0.2, 0) is 9.53 Å². The summed E-state index contributed by atoms with van der Waals surface area (Å²) < 4.78 is 6.42. The second kappa shape index (κ2) is 5.61. The van der Waals surface area contributed by atoms with Crippen LogP contribution in [0.4, 0.5) is 0 Å². The van der Waals surface area contributed by atoms with E-state index in [4.69, 9.17) is 4.74 Å². The van der Waals surface area contributed by atoms with Crippen molar-refractivity contribution in [1.29, 1.82) is 0 Å². The molecule has 0 N–H and O–H groups in total. The summed E-state index contributed by atoms with van der Waals surface area (Å²) in [6.07, 6.45) is 8.02. The first-order chi connectivity index (χ1) is 10.3. The summed E-state index contributed by atoms with van der Waals surface area (Å²) in [5, 5.41) is 0. The van der Waals surface area contributed by atoms with Crippen molar-refractivity contribution in [3.05, 3.63) is 0 Å². The Balaban J connectivity index is 1.58. The molecule has 0 aromatic carbocycles. The lowest BCUT2D eigenvalue weighted by molar-refractivity contribution is -0.127. The van der Waals surface area contributed by atoms with Gasteiger partial charge in [-0.05, 0) is 76.0 Å². The molecule has 2 bridgehead atoms. The molecule has 3 rings (SSSR count). The lowest BCUT2D eigenvalue weighted by atomic mass is 9.65. The summed E-state index contributed by atoms with van der Waals surface area (Å²) >= 11 is 0. The van der Waals surface area contributed by atoms with Crippen LogP contribution in [0.5, 0.6) is 0 Å². The van der Waals surface area contributed by atoms with Crippen LogP contribution in [0, 0.1) is 29.6 Å². The Bertz CT molecular complexity index is 445. The monoisotopic (exact) mass is 306 g/mol. The van der Waals surface area contributed by atoms with Crippen LogP contribution >= 0.6 is 0 Å². The second-order valence-electron chi connectivity index (χ2n) is 9.14. The Hall–Kier alpha value is -0.370. The molecule has 2 heterocycles. The fraction of sp³-hybridized carbons (Fsp3) is 0.950. The van der Waals surface area contributed by atoms with Crippen LogP contribution in [0.3, 0.4) is 0 Å². The maximum atomic E-state index is 12.3. The number of ether oxygens (including phenoxy) is 1. The summed E-state index contributed by atoms with van der Waals surface area (Å²) in [6, 6.07) is 0. The number of fused-ring (bicyclic) bond motifs is 2. The minimum atomic E-state index is 0.0962. The normalized spacial score (nSPS) is 49.6. The maximum Gasteiger partial charge on any atom is 0.136 e. The Morgan fingerprint density at radius 3 is 2.45 bits per heavy atom. The van der Waals surface area contributed by atoms with Crippen molar-refractivity contribution in [1.82, 2.24) is 0 Å². The molecule has 3 fully saturated rings. The van der Waals surface area contributed by atoms with Gasteiger partial charge in [0.05, 0.1) is 11.2 Å². The predicted molar refractivity (Wildman–Crippen MR) is 89.7 cm³/mol. The van der Waals surface area contributed by atoms with E-state index >= 15 is 0 Å². The first kappa shape index (κ1) is 16.5. The van der Waals surface area contributed by atoms with E-state index in [1.165, 1.54) is 32.1 Å². The lowest BCUT2D eigenvalue weighted by Crippen LogP contribution is -2.37. The predicted octanol–water partition coefficient (Wildman–Crippen LogP) is 5.00. The van der Waals surface area contributed by atoms with Gasteiger partial charge in [0.25, 0.3) is 0 Å². The molecule has 7 atom stereocenters. The van der Waals surface area contributed by atoms with Crippen molar-refractivity contribution in [3.63, 3.8) is 0 Å². The number of rotatable bonds is 4. The minimum Gasteiger partial charge on any atom is -0.369 e. The van der Waals surface area contributed by atoms with Gasteiger partial charge in [0, 0.05) is 12.3 Å². The Morgan fingerprint density at radius 1 is 1.18 bits per heavy atom. The van der Waals surface area contributed by atoms with E-state index in [-0.39, 0.29) is 11.2 Å². The molecule has 2 nitrogen and oxygen atoms in total.